The fourth-order valence-electron chi connectivity index (χ4n) is 1.83. The first-order valence-electron chi connectivity index (χ1n) is 6.70. The summed E-state index contributed by atoms with van der Waals surface area (Å²) in [6.45, 7) is 1.85. The van der Waals surface area contributed by atoms with Crippen molar-refractivity contribution in [1.29, 1.82) is 0 Å². The first-order chi connectivity index (χ1) is 10.5. The Morgan fingerprint density at radius 2 is 1.68 bits per heavy atom. The van der Waals surface area contributed by atoms with E-state index in [-0.39, 0.29) is 12.5 Å². The van der Waals surface area contributed by atoms with Gasteiger partial charge in [0.1, 0.15) is 0 Å². The quantitative estimate of drug-likeness (QED) is 0.678. The van der Waals surface area contributed by atoms with Crippen LogP contribution in [0.15, 0.2) is 48.5 Å². The lowest BCUT2D eigenvalue weighted by Gasteiger charge is -2.09. The Morgan fingerprint density at radius 3 is 2.36 bits per heavy atom. The van der Waals surface area contributed by atoms with Crippen molar-refractivity contribution in [2.45, 2.75) is 6.92 Å². The van der Waals surface area contributed by atoms with Gasteiger partial charge in [-0.3, -0.25) is 4.79 Å². The summed E-state index contributed by atoms with van der Waals surface area (Å²) >= 11 is 2.17. The number of halogens is 1. The average Bonchev–Trinajstić information content (AvgIpc) is 2.45. The number of hydrogen-bond donors (Lipinski definition) is 3. The zero-order chi connectivity index (χ0) is 15.9. The lowest BCUT2D eigenvalue weighted by molar-refractivity contribution is -0.115. The van der Waals surface area contributed by atoms with Crippen LogP contribution in [0.2, 0.25) is 0 Å². The van der Waals surface area contributed by atoms with Crippen LogP contribution in [-0.2, 0) is 4.79 Å². The molecule has 2 aromatic carbocycles. The number of carbonyl (C=O) groups is 2. The van der Waals surface area contributed by atoms with Gasteiger partial charge in [-0.05, 0) is 65.4 Å². The third kappa shape index (κ3) is 5.36. The summed E-state index contributed by atoms with van der Waals surface area (Å²) in [5.41, 5.74) is 2.45. The summed E-state index contributed by atoms with van der Waals surface area (Å²) in [7, 11) is 0. The van der Waals surface area contributed by atoms with Gasteiger partial charge < -0.3 is 16.0 Å². The molecule has 5 nitrogen and oxygen atoms in total. The zero-order valence-corrected chi connectivity index (χ0v) is 14.2. The summed E-state index contributed by atoms with van der Waals surface area (Å²) in [6.07, 6.45) is 0. The number of benzene rings is 2. The molecule has 6 heteroatoms. The van der Waals surface area contributed by atoms with Crippen LogP contribution in [0, 0.1) is 10.5 Å². The number of nitrogens with one attached hydrogen (secondary N) is 3. The van der Waals surface area contributed by atoms with Crippen molar-refractivity contribution in [2.75, 3.05) is 17.2 Å². The Balaban J connectivity index is 1.79. The molecule has 0 radical (unpaired) electrons. The van der Waals surface area contributed by atoms with Gasteiger partial charge in [0.15, 0.2) is 0 Å². The second kappa shape index (κ2) is 7.79. The average molecular weight is 409 g/mol. The predicted molar refractivity (Wildman–Crippen MR) is 96.0 cm³/mol. The van der Waals surface area contributed by atoms with Crippen LogP contribution < -0.4 is 16.0 Å². The van der Waals surface area contributed by atoms with Crippen LogP contribution in [0.3, 0.4) is 0 Å². The van der Waals surface area contributed by atoms with E-state index in [9.17, 15) is 9.59 Å². The van der Waals surface area contributed by atoms with E-state index in [1.807, 2.05) is 43.3 Å². The van der Waals surface area contributed by atoms with Crippen molar-refractivity contribution in [3.63, 3.8) is 0 Å². The first kappa shape index (κ1) is 16.3. The highest BCUT2D eigenvalue weighted by Gasteiger charge is 2.06. The van der Waals surface area contributed by atoms with Gasteiger partial charge in [0.05, 0.1) is 6.54 Å². The second-order valence-corrected chi connectivity index (χ2v) is 5.98. The van der Waals surface area contributed by atoms with Crippen LogP contribution in [0.25, 0.3) is 0 Å². The molecule has 0 aromatic heterocycles. The number of carbonyl (C=O) groups excluding carboxylic acids is 2. The molecule has 2 rings (SSSR count). The van der Waals surface area contributed by atoms with Crippen LogP contribution >= 0.6 is 22.6 Å². The molecule has 0 aliphatic carbocycles. The largest absolute Gasteiger partial charge is 0.329 e. The molecule has 3 amide bonds. The fourth-order valence-corrected chi connectivity index (χ4v) is 2.37. The van der Waals surface area contributed by atoms with E-state index in [0.29, 0.717) is 11.4 Å². The highest BCUT2D eigenvalue weighted by Crippen LogP contribution is 2.12. The first-order valence-corrected chi connectivity index (χ1v) is 7.78. The highest BCUT2D eigenvalue weighted by atomic mass is 127. The van der Waals surface area contributed by atoms with E-state index in [4.69, 9.17) is 0 Å². The van der Waals surface area contributed by atoms with E-state index in [1.165, 1.54) is 0 Å². The van der Waals surface area contributed by atoms with E-state index < -0.39 is 6.03 Å². The highest BCUT2D eigenvalue weighted by molar-refractivity contribution is 14.1. The van der Waals surface area contributed by atoms with Gasteiger partial charge >= 0.3 is 6.03 Å². The van der Waals surface area contributed by atoms with Gasteiger partial charge in [-0.1, -0.05) is 18.2 Å². The molecule has 114 valence electrons. The van der Waals surface area contributed by atoms with Crippen molar-refractivity contribution in [2.24, 2.45) is 0 Å². The molecule has 2 aromatic rings. The van der Waals surface area contributed by atoms with Crippen molar-refractivity contribution in [3.05, 3.63) is 57.7 Å². The maximum Gasteiger partial charge on any atom is 0.319 e. The number of rotatable bonds is 4. The van der Waals surface area contributed by atoms with Crippen molar-refractivity contribution >= 4 is 45.9 Å². The second-order valence-electron chi connectivity index (χ2n) is 4.74. The number of hydrogen-bond acceptors (Lipinski definition) is 2. The predicted octanol–water partition coefficient (Wildman–Crippen LogP) is 3.36. The topological polar surface area (TPSA) is 70.2 Å². The SMILES string of the molecule is Cc1cccc(NC(=O)NCC(=O)Nc2cccc(I)c2)c1. The van der Waals surface area contributed by atoms with E-state index in [0.717, 1.165) is 9.13 Å². The Labute approximate surface area is 142 Å². The summed E-state index contributed by atoms with van der Waals surface area (Å²) in [5.74, 6) is -0.276. The van der Waals surface area contributed by atoms with Gasteiger partial charge in [0, 0.05) is 14.9 Å². The number of anilines is 2. The Hall–Kier alpha value is -2.09. The molecule has 0 atom stereocenters. The fraction of sp³-hybridized carbons (Fsp3) is 0.125. The smallest absolute Gasteiger partial charge is 0.319 e. The zero-order valence-electron chi connectivity index (χ0n) is 12.0. The van der Waals surface area contributed by atoms with Crippen LogP contribution in [0.4, 0.5) is 16.2 Å². The molecular weight excluding hydrogens is 393 g/mol. The van der Waals surface area contributed by atoms with Gasteiger partial charge in [-0.25, -0.2) is 4.79 Å². The van der Waals surface area contributed by atoms with Gasteiger partial charge in [-0.15, -0.1) is 0 Å². The number of aryl methyl sites for hydroxylation is 1. The molecule has 22 heavy (non-hydrogen) atoms. The Morgan fingerprint density at radius 1 is 1.00 bits per heavy atom. The van der Waals surface area contributed by atoms with E-state index >= 15 is 0 Å². The molecule has 0 bridgehead atoms. The van der Waals surface area contributed by atoms with Gasteiger partial charge in [-0.2, -0.15) is 0 Å². The maximum atomic E-state index is 11.8. The Kier molecular flexibility index (Phi) is 5.76. The standard InChI is InChI=1S/C16H16IN3O2/c1-11-4-2-6-13(8-11)20-16(22)18-10-15(21)19-14-7-3-5-12(17)9-14/h2-9H,10H2,1H3,(H,19,21)(H2,18,20,22). The molecule has 0 unspecified atom stereocenters. The molecule has 0 saturated heterocycles. The molecule has 0 heterocycles. The van der Waals surface area contributed by atoms with Crippen LogP contribution in [-0.4, -0.2) is 18.5 Å². The Bertz CT molecular complexity index is 629. The van der Waals surface area contributed by atoms with E-state index in [2.05, 4.69) is 38.5 Å². The normalized spacial score (nSPS) is 9.91. The molecular formula is C16H16IN3O2. The van der Waals surface area contributed by atoms with Crippen LogP contribution in [0.5, 0.6) is 0 Å². The summed E-state index contributed by atoms with van der Waals surface area (Å²) in [5, 5.41) is 7.93. The minimum Gasteiger partial charge on any atom is -0.329 e. The molecule has 0 aliphatic rings. The lowest BCUT2D eigenvalue weighted by Crippen LogP contribution is -2.35. The van der Waals surface area contributed by atoms with Crippen molar-refractivity contribution < 1.29 is 9.59 Å². The van der Waals surface area contributed by atoms with E-state index in [1.54, 1.807) is 12.1 Å². The van der Waals surface area contributed by atoms with Crippen molar-refractivity contribution in [1.82, 2.24) is 5.32 Å². The monoisotopic (exact) mass is 409 g/mol. The number of amides is 3. The third-order valence-corrected chi connectivity index (χ3v) is 3.46. The minimum absolute atomic E-state index is 0.0941. The minimum atomic E-state index is -0.414. The van der Waals surface area contributed by atoms with Gasteiger partial charge in [0.25, 0.3) is 0 Å². The maximum absolute atomic E-state index is 11.8. The molecule has 0 spiro atoms. The lowest BCUT2D eigenvalue weighted by atomic mass is 10.2. The summed E-state index contributed by atoms with van der Waals surface area (Å²) < 4.78 is 1.03. The molecule has 0 aliphatic heterocycles. The summed E-state index contributed by atoms with van der Waals surface area (Å²) in [4.78, 5) is 23.5. The molecule has 3 N–H and O–H groups in total. The van der Waals surface area contributed by atoms with Gasteiger partial charge in [0.2, 0.25) is 5.91 Å². The third-order valence-electron chi connectivity index (χ3n) is 2.79. The summed E-state index contributed by atoms with van der Waals surface area (Å²) in [6, 6.07) is 14.5. The molecule has 0 fully saturated rings. The van der Waals surface area contributed by atoms with Crippen molar-refractivity contribution in [3.8, 4) is 0 Å². The number of urea groups is 1. The molecule has 0 saturated carbocycles. The van der Waals surface area contributed by atoms with Crippen LogP contribution in [0.1, 0.15) is 5.56 Å².